The fourth-order valence-corrected chi connectivity index (χ4v) is 14.2. The number of hydrogen-bond donors (Lipinski definition) is 12. The summed E-state index contributed by atoms with van der Waals surface area (Å²) in [5.74, 6) is 0.598. The number of aliphatic hydroxyl groups is 12. The fourth-order valence-electron chi connectivity index (χ4n) is 14.2. The van der Waals surface area contributed by atoms with E-state index in [1.54, 1.807) is 0 Å². The van der Waals surface area contributed by atoms with Crippen LogP contribution in [0.3, 0.4) is 0 Å². The van der Waals surface area contributed by atoms with Crippen LogP contribution in [0.4, 0.5) is 0 Å². The van der Waals surface area contributed by atoms with E-state index >= 15 is 0 Å². The van der Waals surface area contributed by atoms with Crippen LogP contribution in [0.15, 0.2) is 0 Å². The Morgan fingerprint density at radius 3 is 1.84 bits per heavy atom. The van der Waals surface area contributed by atoms with Gasteiger partial charge < -0.3 is 94.4 Å². The number of rotatable bonds is 13. The van der Waals surface area contributed by atoms with Crippen molar-refractivity contribution in [2.75, 3.05) is 26.4 Å². The molecule has 0 spiro atoms. The van der Waals surface area contributed by atoms with Crippen molar-refractivity contribution in [2.24, 2.45) is 52.3 Å². The minimum Gasteiger partial charge on any atom is -0.394 e. The number of hydrogen-bond acceptors (Lipinski definition) is 19. The fraction of sp³-hybridized carbons (Fsp3) is 1.00. The van der Waals surface area contributed by atoms with Crippen LogP contribution in [0.2, 0.25) is 0 Å². The second kappa shape index (κ2) is 19.2. The number of aliphatic hydroxyl groups excluding tert-OH is 11. The van der Waals surface area contributed by atoms with Gasteiger partial charge in [-0.05, 0) is 104 Å². The summed E-state index contributed by atoms with van der Waals surface area (Å²) in [4.78, 5) is 0. The second-order valence-electron chi connectivity index (χ2n) is 21.5. The first-order valence-electron chi connectivity index (χ1n) is 23.9. The molecule has 8 aliphatic rings. The summed E-state index contributed by atoms with van der Waals surface area (Å²) in [6.45, 7) is 7.28. The van der Waals surface area contributed by atoms with Gasteiger partial charge in [0, 0.05) is 12.3 Å². The number of ether oxygens (including phenoxy) is 7. The van der Waals surface area contributed by atoms with Gasteiger partial charge in [-0.15, -0.1) is 0 Å². The molecule has 4 aliphatic heterocycles. The van der Waals surface area contributed by atoms with Crippen molar-refractivity contribution >= 4 is 0 Å². The summed E-state index contributed by atoms with van der Waals surface area (Å²) in [5, 5.41) is 125. The molecule has 0 aromatic rings. The summed E-state index contributed by atoms with van der Waals surface area (Å²) < 4.78 is 41.6. The molecule has 64 heavy (non-hydrogen) atoms. The van der Waals surface area contributed by atoms with Crippen molar-refractivity contribution in [1.82, 2.24) is 0 Å². The van der Waals surface area contributed by atoms with E-state index in [0.717, 1.165) is 44.9 Å². The molecule has 370 valence electrons. The Morgan fingerprint density at radius 1 is 0.625 bits per heavy atom. The predicted molar refractivity (Wildman–Crippen MR) is 219 cm³/mol. The molecule has 5 unspecified atom stereocenters. The molecule has 4 saturated heterocycles. The van der Waals surface area contributed by atoms with Crippen molar-refractivity contribution in [3.05, 3.63) is 0 Å². The zero-order chi connectivity index (χ0) is 46.2. The van der Waals surface area contributed by atoms with E-state index < -0.39 is 118 Å². The molecule has 19 heteroatoms. The van der Waals surface area contributed by atoms with Crippen LogP contribution in [0, 0.1) is 52.3 Å². The molecule has 4 heterocycles. The monoisotopic (exact) mass is 920 g/mol. The molecular weight excluding hydrogens is 844 g/mol. The highest BCUT2D eigenvalue weighted by atomic mass is 16.7. The molecule has 12 N–H and O–H groups in total. The van der Waals surface area contributed by atoms with Crippen LogP contribution < -0.4 is 0 Å². The average Bonchev–Trinajstić information content (AvgIpc) is 3.71. The summed E-state index contributed by atoms with van der Waals surface area (Å²) in [6.07, 6.45) is -13.7. The van der Waals surface area contributed by atoms with Crippen LogP contribution in [0.1, 0.15) is 91.9 Å². The Kier molecular flexibility index (Phi) is 14.9. The molecule has 0 aromatic heterocycles. The maximum atomic E-state index is 12.0. The lowest BCUT2D eigenvalue weighted by atomic mass is 9.44. The van der Waals surface area contributed by atoms with Crippen LogP contribution in [0.5, 0.6) is 0 Å². The zero-order valence-electron chi connectivity index (χ0n) is 37.5. The average molecular weight is 921 g/mol. The molecule has 27 atom stereocenters. The maximum Gasteiger partial charge on any atom is 0.187 e. The van der Waals surface area contributed by atoms with Gasteiger partial charge >= 0.3 is 0 Å². The van der Waals surface area contributed by atoms with E-state index in [-0.39, 0.29) is 47.4 Å². The van der Waals surface area contributed by atoms with E-state index in [9.17, 15) is 61.3 Å². The van der Waals surface area contributed by atoms with Gasteiger partial charge in [0.25, 0.3) is 0 Å². The summed E-state index contributed by atoms with van der Waals surface area (Å²) in [5.41, 5.74) is 0.0705. The standard InChI is InChI=1S/C45H76O19/c1-19(18-58-40-36(54)34(52)31(49)27(15-46)60-40)7-12-45(57)20(2)30-26(64-45)14-25-23-6-5-21-13-22(8-10-43(21,3)24(23)9-11-44(25,30)4)59-42-38(56)39(33(51)29(17-48)62-42)63-41-37(55)35(53)32(50)28(16-47)61-41/h19-42,46-57H,5-18H2,1-4H3/t19-,20+,21-,22+,23?,24?,25?,26?,27-,28-,29-,30?,31-,32-,33-,34+,35+,36-,37-,38-,39+,40-,41+,42-,43+,44+,45-/m1/s1. The SMILES string of the molecule is C[C@H](CC[C@@]1(O)OC2CC3C4CC[C@@H]5C[C@@H](O[C@@H]6O[C@H](CO)[C@@H](O)[C@H](O[C@@H]7O[C@H](CO)[C@@H](O)[C@H](O)[C@H]7O)[C@H]6O)CC[C@]5(C)C4CC[C@]3(C)C2[C@@H]1C)CO[C@@H]1O[C@H](CO)[C@@H](O)[C@H](O)[C@H]1O. The molecule has 19 nitrogen and oxygen atoms in total. The second-order valence-corrected chi connectivity index (χ2v) is 21.5. The van der Waals surface area contributed by atoms with Gasteiger partial charge in [0.05, 0.1) is 38.6 Å². The smallest absolute Gasteiger partial charge is 0.187 e. The van der Waals surface area contributed by atoms with Crippen molar-refractivity contribution < 1.29 is 94.4 Å². The molecule has 0 bridgehead atoms. The number of fused-ring (bicyclic) bond motifs is 7. The van der Waals surface area contributed by atoms with Gasteiger partial charge in [-0.2, -0.15) is 0 Å². The first-order valence-corrected chi connectivity index (χ1v) is 23.9. The van der Waals surface area contributed by atoms with Gasteiger partial charge in [-0.1, -0.05) is 27.7 Å². The highest BCUT2D eigenvalue weighted by Crippen LogP contribution is 2.71. The molecular formula is C45H76O19. The zero-order valence-corrected chi connectivity index (χ0v) is 37.5. The normalized spacial score (nSPS) is 55.6. The molecule has 0 radical (unpaired) electrons. The van der Waals surface area contributed by atoms with E-state index in [4.69, 9.17) is 33.2 Å². The highest BCUT2D eigenvalue weighted by molar-refractivity contribution is 5.15. The van der Waals surface area contributed by atoms with Crippen LogP contribution in [-0.2, 0) is 33.2 Å². The van der Waals surface area contributed by atoms with Crippen molar-refractivity contribution in [3.63, 3.8) is 0 Å². The molecule has 8 rings (SSSR count). The van der Waals surface area contributed by atoms with Gasteiger partial charge in [-0.25, -0.2) is 0 Å². The Balaban J connectivity index is 0.853. The summed E-state index contributed by atoms with van der Waals surface area (Å²) in [7, 11) is 0. The van der Waals surface area contributed by atoms with Gasteiger partial charge in [0.1, 0.15) is 73.2 Å². The topological polar surface area (TPSA) is 307 Å². The molecule has 8 fully saturated rings. The first kappa shape index (κ1) is 49.7. The van der Waals surface area contributed by atoms with Gasteiger partial charge in [0.15, 0.2) is 24.7 Å². The summed E-state index contributed by atoms with van der Waals surface area (Å²) >= 11 is 0. The van der Waals surface area contributed by atoms with Crippen molar-refractivity contribution in [2.45, 2.75) is 202 Å². The molecule has 0 amide bonds. The lowest BCUT2D eigenvalue weighted by Gasteiger charge is -2.61. The third-order valence-corrected chi connectivity index (χ3v) is 18.0. The maximum absolute atomic E-state index is 12.0. The van der Waals surface area contributed by atoms with E-state index in [0.29, 0.717) is 42.9 Å². The lowest BCUT2D eigenvalue weighted by Crippen LogP contribution is -2.65. The van der Waals surface area contributed by atoms with Crippen LogP contribution in [0.25, 0.3) is 0 Å². The quantitative estimate of drug-likeness (QED) is 0.0909. The third kappa shape index (κ3) is 8.65. The highest BCUT2D eigenvalue weighted by Gasteiger charge is 2.68. The predicted octanol–water partition coefficient (Wildman–Crippen LogP) is -1.78. The lowest BCUT2D eigenvalue weighted by molar-refractivity contribution is -0.365. The Bertz CT molecular complexity index is 1560. The van der Waals surface area contributed by atoms with E-state index in [1.165, 1.54) is 0 Å². The van der Waals surface area contributed by atoms with E-state index in [2.05, 4.69) is 20.8 Å². The Hall–Kier alpha value is -0.760. The van der Waals surface area contributed by atoms with Gasteiger partial charge in [0.2, 0.25) is 0 Å². The largest absolute Gasteiger partial charge is 0.394 e. The van der Waals surface area contributed by atoms with Crippen molar-refractivity contribution in [1.29, 1.82) is 0 Å². The van der Waals surface area contributed by atoms with Gasteiger partial charge in [-0.3, -0.25) is 0 Å². The molecule has 0 aromatic carbocycles. The Morgan fingerprint density at radius 2 is 1.20 bits per heavy atom. The van der Waals surface area contributed by atoms with Crippen LogP contribution in [-0.4, -0.2) is 198 Å². The third-order valence-electron chi connectivity index (χ3n) is 18.0. The first-order chi connectivity index (χ1) is 30.3. The molecule has 4 saturated carbocycles. The minimum atomic E-state index is -1.76. The van der Waals surface area contributed by atoms with Crippen LogP contribution >= 0.6 is 0 Å². The Labute approximate surface area is 374 Å². The van der Waals surface area contributed by atoms with Crippen molar-refractivity contribution in [3.8, 4) is 0 Å². The van der Waals surface area contributed by atoms with E-state index in [1.807, 2.05) is 6.92 Å². The molecule has 4 aliphatic carbocycles. The minimum absolute atomic E-state index is 0.00751. The summed E-state index contributed by atoms with van der Waals surface area (Å²) in [6, 6.07) is 0.